The van der Waals surface area contributed by atoms with Gasteiger partial charge in [-0.1, -0.05) is 12.1 Å². The molecule has 0 radical (unpaired) electrons. The van der Waals surface area contributed by atoms with Gasteiger partial charge in [0.05, 0.1) is 6.04 Å². The number of hydrogen-bond acceptors (Lipinski definition) is 4. The van der Waals surface area contributed by atoms with Gasteiger partial charge in [-0.3, -0.25) is 9.69 Å². The Bertz CT molecular complexity index is 534. The van der Waals surface area contributed by atoms with Crippen LogP contribution in [0.4, 0.5) is 0 Å². The molecule has 25 heavy (non-hydrogen) atoms. The third-order valence-corrected chi connectivity index (χ3v) is 5.85. The van der Waals surface area contributed by atoms with Gasteiger partial charge in [0.25, 0.3) is 0 Å². The Morgan fingerprint density at radius 3 is 2.76 bits per heavy atom. The lowest BCUT2D eigenvalue weighted by molar-refractivity contribution is -0.123. The van der Waals surface area contributed by atoms with Crippen molar-refractivity contribution in [2.75, 3.05) is 32.4 Å². The smallest absolute Gasteiger partial charge is 0.237 e. The molecule has 0 aliphatic carbocycles. The summed E-state index contributed by atoms with van der Waals surface area (Å²) in [5.41, 5.74) is 1.38. The molecule has 0 spiro atoms. The molecule has 0 bridgehead atoms. The third-order valence-electron chi connectivity index (χ3n) is 5.11. The van der Waals surface area contributed by atoms with E-state index in [9.17, 15) is 4.79 Å². The third kappa shape index (κ3) is 6.17. The van der Waals surface area contributed by atoms with Crippen LogP contribution in [0.5, 0.6) is 0 Å². The first-order valence-electron chi connectivity index (χ1n) is 9.11. The van der Waals surface area contributed by atoms with Gasteiger partial charge in [-0.2, -0.15) is 0 Å². The lowest BCUT2D eigenvalue weighted by Gasteiger charge is -2.33. The zero-order valence-corrected chi connectivity index (χ0v) is 16.6. The summed E-state index contributed by atoms with van der Waals surface area (Å²) in [6, 6.07) is 8.93. The Morgan fingerprint density at radius 1 is 1.28 bits per heavy atom. The highest BCUT2D eigenvalue weighted by molar-refractivity contribution is 7.98. The number of halogens is 1. The van der Waals surface area contributed by atoms with Gasteiger partial charge < -0.3 is 10.6 Å². The van der Waals surface area contributed by atoms with E-state index in [1.54, 1.807) is 11.8 Å². The Morgan fingerprint density at radius 2 is 2.08 bits per heavy atom. The van der Waals surface area contributed by atoms with E-state index in [0.29, 0.717) is 5.92 Å². The maximum atomic E-state index is 12.1. The van der Waals surface area contributed by atoms with Gasteiger partial charge in [0, 0.05) is 24.5 Å². The first-order chi connectivity index (χ1) is 11.7. The molecule has 6 heteroatoms. The average molecular weight is 384 g/mol. The number of carbonyl (C=O) groups is 1. The maximum Gasteiger partial charge on any atom is 0.237 e. The second-order valence-electron chi connectivity index (χ2n) is 6.99. The number of amides is 1. The quantitative estimate of drug-likeness (QED) is 0.741. The number of rotatable bonds is 6. The second-order valence-corrected chi connectivity index (χ2v) is 7.87. The summed E-state index contributed by atoms with van der Waals surface area (Å²) in [7, 11) is 0. The molecule has 2 heterocycles. The van der Waals surface area contributed by atoms with Crippen LogP contribution in [-0.2, 0) is 11.3 Å². The molecule has 140 valence electrons. The molecular weight excluding hydrogens is 354 g/mol. The first-order valence-corrected chi connectivity index (χ1v) is 10.3. The van der Waals surface area contributed by atoms with E-state index in [1.807, 2.05) is 0 Å². The predicted molar refractivity (Wildman–Crippen MR) is 108 cm³/mol. The molecule has 2 N–H and O–H groups in total. The lowest BCUT2D eigenvalue weighted by atomic mass is 9.97. The summed E-state index contributed by atoms with van der Waals surface area (Å²) in [4.78, 5) is 16.0. The molecule has 0 saturated carbocycles. The number of likely N-dealkylation sites (tertiary alicyclic amines) is 1. The van der Waals surface area contributed by atoms with Crippen LogP contribution < -0.4 is 10.6 Å². The SMILES string of the molecule is CSc1ccc(CN2CCCC(CNC(=O)C3CCCN3)C2)cc1.Cl. The van der Waals surface area contributed by atoms with Gasteiger partial charge in [0.2, 0.25) is 5.91 Å². The molecule has 2 fully saturated rings. The Kier molecular flexibility index (Phi) is 8.56. The van der Waals surface area contributed by atoms with Gasteiger partial charge in [-0.15, -0.1) is 24.2 Å². The lowest BCUT2D eigenvalue weighted by Crippen LogP contribution is -2.45. The molecule has 1 aromatic carbocycles. The Hall–Kier alpha value is -0.750. The van der Waals surface area contributed by atoms with E-state index in [1.165, 1.54) is 29.8 Å². The summed E-state index contributed by atoms with van der Waals surface area (Å²) in [6.45, 7) is 5.06. The Labute approximate surface area is 161 Å². The van der Waals surface area contributed by atoms with Crippen molar-refractivity contribution in [3.05, 3.63) is 29.8 Å². The topological polar surface area (TPSA) is 44.4 Å². The molecular formula is C19H30ClN3OS. The van der Waals surface area contributed by atoms with Crippen LogP contribution in [0.15, 0.2) is 29.2 Å². The molecule has 4 nitrogen and oxygen atoms in total. The summed E-state index contributed by atoms with van der Waals surface area (Å²) < 4.78 is 0. The standard InChI is InChI=1S/C19H29N3OS.ClH/c1-24-17-8-6-15(7-9-17)13-22-11-3-4-16(14-22)12-21-19(23)18-5-2-10-20-18;/h6-9,16,18,20H,2-5,10-14H2,1H3,(H,21,23);1H. The van der Waals surface area contributed by atoms with Gasteiger partial charge in [-0.05, 0) is 68.6 Å². The van der Waals surface area contributed by atoms with E-state index in [2.05, 4.69) is 46.1 Å². The first kappa shape index (κ1) is 20.6. The van der Waals surface area contributed by atoms with Gasteiger partial charge in [0.15, 0.2) is 0 Å². The number of hydrogen-bond donors (Lipinski definition) is 2. The van der Waals surface area contributed by atoms with Crippen molar-refractivity contribution in [1.82, 2.24) is 15.5 Å². The number of piperidine rings is 1. The summed E-state index contributed by atoms with van der Waals surface area (Å²) in [6.07, 6.45) is 6.66. The highest BCUT2D eigenvalue weighted by atomic mass is 35.5. The highest BCUT2D eigenvalue weighted by Gasteiger charge is 2.24. The minimum atomic E-state index is 0. The molecule has 2 unspecified atom stereocenters. The van der Waals surface area contributed by atoms with Crippen LogP contribution in [0.25, 0.3) is 0 Å². The van der Waals surface area contributed by atoms with Crippen LogP contribution in [0, 0.1) is 5.92 Å². The van der Waals surface area contributed by atoms with Crippen LogP contribution in [-0.4, -0.2) is 49.3 Å². The van der Waals surface area contributed by atoms with Crippen LogP contribution >= 0.6 is 24.2 Å². The fraction of sp³-hybridized carbons (Fsp3) is 0.632. The number of nitrogens with zero attached hydrogens (tertiary/aromatic N) is 1. The average Bonchev–Trinajstić information content (AvgIpc) is 3.15. The molecule has 2 saturated heterocycles. The Balaban J connectivity index is 0.00000225. The van der Waals surface area contributed by atoms with Crippen molar-refractivity contribution in [3.63, 3.8) is 0 Å². The van der Waals surface area contributed by atoms with E-state index < -0.39 is 0 Å². The van der Waals surface area contributed by atoms with Crippen molar-refractivity contribution in [1.29, 1.82) is 0 Å². The maximum absolute atomic E-state index is 12.1. The van der Waals surface area contributed by atoms with E-state index in [-0.39, 0.29) is 24.4 Å². The van der Waals surface area contributed by atoms with Crippen molar-refractivity contribution < 1.29 is 4.79 Å². The molecule has 1 amide bonds. The van der Waals surface area contributed by atoms with Crippen molar-refractivity contribution in [3.8, 4) is 0 Å². The minimum absolute atomic E-state index is 0. The number of nitrogens with one attached hydrogen (secondary N) is 2. The number of benzene rings is 1. The van der Waals surface area contributed by atoms with Gasteiger partial charge >= 0.3 is 0 Å². The molecule has 1 aromatic rings. The fourth-order valence-corrected chi connectivity index (χ4v) is 4.14. The van der Waals surface area contributed by atoms with Gasteiger partial charge in [0.1, 0.15) is 0 Å². The van der Waals surface area contributed by atoms with E-state index >= 15 is 0 Å². The van der Waals surface area contributed by atoms with Gasteiger partial charge in [-0.25, -0.2) is 0 Å². The largest absolute Gasteiger partial charge is 0.354 e. The highest BCUT2D eigenvalue weighted by Crippen LogP contribution is 2.20. The molecule has 2 aliphatic rings. The van der Waals surface area contributed by atoms with Crippen LogP contribution in [0.1, 0.15) is 31.2 Å². The summed E-state index contributed by atoms with van der Waals surface area (Å²) in [5.74, 6) is 0.770. The molecule has 0 aromatic heterocycles. The summed E-state index contributed by atoms with van der Waals surface area (Å²) >= 11 is 1.78. The summed E-state index contributed by atoms with van der Waals surface area (Å²) in [5, 5.41) is 6.43. The van der Waals surface area contributed by atoms with E-state index in [0.717, 1.165) is 39.0 Å². The monoisotopic (exact) mass is 383 g/mol. The van der Waals surface area contributed by atoms with Crippen molar-refractivity contribution in [2.45, 2.75) is 43.2 Å². The van der Waals surface area contributed by atoms with E-state index in [4.69, 9.17) is 0 Å². The zero-order chi connectivity index (χ0) is 16.8. The van der Waals surface area contributed by atoms with Crippen LogP contribution in [0.2, 0.25) is 0 Å². The molecule has 2 aliphatic heterocycles. The fourth-order valence-electron chi connectivity index (χ4n) is 3.73. The minimum Gasteiger partial charge on any atom is -0.354 e. The molecule has 3 rings (SSSR count). The number of thioether (sulfide) groups is 1. The van der Waals surface area contributed by atoms with Crippen molar-refractivity contribution >= 4 is 30.1 Å². The normalized spacial score (nSPS) is 23.9. The van der Waals surface area contributed by atoms with Crippen molar-refractivity contribution in [2.24, 2.45) is 5.92 Å². The zero-order valence-electron chi connectivity index (χ0n) is 15.0. The number of carbonyl (C=O) groups excluding carboxylic acids is 1. The second kappa shape index (κ2) is 10.4. The molecule has 2 atom stereocenters. The van der Waals surface area contributed by atoms with Crippen LogP contribution in [0.3, 0.4) is 0 Å². The predicted octanol–water partition coefficient (Wildman–Crippen LogP) is 2.91.